The van der Waals surface area contributed by atoms with E-state index in [4.69, 9.17) is 0 Å². The van der Waals surface area contributed by atoms with E-state index in [0.717, 1.165) is 8.95 Å². The van der Waals surface area contributed by atoms with E-state index in [1.807, 2.05) is 0 Å². The Labute approximate surface area is 310 Å². The minimum absolute atomic E-state index is 0.00472. The Morgan fingerprint density at radius 3 is 0.979 bits per heavy atom. The van der Waals surface area contributed by atoms with Crippen LogP contribution in [0.5, 0.6) is 0 Å². The fourth-order valence-corrected chi connectivity index (χ4v) is 20.8. The maximum Gasteiger partial charge on any atom is 0.146 e. The van der Waals surface area contributed by atoms with Crippen molar-refractivity contribution in [1.29, 1.82) is 0 Å². The van der Waals surface area contributed by atoms with Crippen LogP contribution in [-0.2, 0) is 0 Å². The molecule has 4 aromatic carbocycles. The third kappa shape index (κ3) is 6.34. The molecule has 0 saturated heterocycles. The molecular weight excluding hydrogens is 744 g/mol. The zero-order valence-corrected chi connectivity index (χ0v) is 36.3. The fraction of sp³-hybridized carbons (Fsp3) is 0.455. The van der Waals surface area contributed by atoms with Crippen LogP contribution in [0.1, 0.15) is 117 Å². The lowest BCUT2D eigenvalue weighted by Crippen LogP contribution is -2.43. The van der Waals surface area contributed by atoms with Crippen molar-refractivity contribution in [2.24, 2.45) is 0 Å². The number of fused-ring (bicyclic) bond motifs is 4. The highest BCUT2D eigenvalue weighted by Gasteiger charge is 2.44. The van der Waals surface area contributed by atoms with Crippen molar-refractivity contribution in [2.45, 2.75) is 128 Å². The summed E-state index contributed by atoms with van der Waals surface area (Å²) in [6, 6.07) is 23.1. The molecule has 2 unspecified atom stereocenters. The third-order valence-electron chi connectivity index (χ3n) is 11.9. The molecule has 0 bridgehead atoms. The fourth-order valence-electron chi connectivity index (χ4n) is 9.51. The highest BCUT2D eigenvalue weighted by atomic mass is 79.9. The number of benzene rings is 4. The van der Waals surface area contributed by atoms with E-state index in [-0.39, 0.29) is 11.8 Å². The number of halogens is 2. The second kappa shape index (κ2) is 14.3. The highest BCUT2D eigenvalue weighted by molar-refractivity contribution is 9.13. The Balaban J connectivity index is 1.91. The quantitative estimate of drug-likeness (QED) is 0.135. The molecule has 1 aliphatic rings. The number of hydrogen-bond acceptors (Lipinski definition) is 0. The van der Waals surface area contributed by atoms with Gasteiger partial charge in [0, 0.05) is 8.95 Å². The smallest absolute Gasteiger partial charge is 0.129 e. The molecule has 0 aliphatic heterocycles. The molecule has 4 aromatic rings. The molecule has 252 valence electrons. The average molecular weight is 799 g/mol. The summed E-state index contributed by atoms with van der Waals surface area (Å²) in [7, 11) is -3.94. The van der Waals surface area contributed by atoms with E-state index in [1.165, 1.54) is 43.8 Å². The van der Waals surface area contributed by atoms with Crippen molar-refractivity contribution < 1.29 is 0 Å². The van der Waals surface area contributed by atoms with Crippen molar-refractivity contribution in [3.63, 3.8) is 0 Å². The minimum Gasteiger partial charge on any atom is -0.129 e. The predicted octanol–water partition coefficient (Wildman–Crippen LogP) is 14.5. The van der Waals surface area contributed by atoms with Crippen LogP contribution in [-0.4, -0.2) is 16.1 Å². The van der Waals surface area contributed by atoms with Gasteiger partial charge in [0.2, 0.25) is 0 Å². The van der Waals surface area contributed by atoms with Gasteiger partial charge in [0.25, 0.3) is 0 Å². The molecule has 0 radical (unpaired) electrons. The van der Waals surface area contributed by atoms with Gasteiger partial charge in [-0.1, -0.05) is 119 Å². The lowest BCUT2D eigenvalue weighted by molar-refractivity contribution is 0.836. The topological polar surface area (TPSA) is 0 Å². The van der Waals surface area contributed by atoms with E-state index < -0.39 is 16.1 Å². The van der Waals surface area contributed by atoms with Crippen LogP contribution >= 0.6 is 31.9 Å². The maximum absolute atomic E-state index is 4.16. The van der Waals surface area contributed by atoms with Crippen molar-refractivity contribution in [1.82, 2.24) is 0 Å². The van der Waals surface area contributed by atoms with E-state index in [0.29, 0.717) is 33.2 Å². The first kappa shape index (κ1) is 37.2. The molecule has 0 nitrogen and oxygen atoms in total. The Kier molecular flexibility index (Phi) is 11.1. The van der Waals surface area contributed by atoms with Crippen LogP contribution in [0.2, 0.25) is 33.2 Å². The molecule has 48 heavy (non-hydrogen) atoms. The average Bonchev–Trinajstić information content (AvgIpc) is 3.00. The molecule has 0 fully saturated rings. The summed E-state index contributed by atoms with van der Waals surface area (Å²) in [5, 5.41) is 5.03. The van der Waals surface area contributed by atoms with Gasteiger partial charge in [-0.3, -0.25) is 0 Å². The largest absolute Gasteiger partial charge is 0.146 e. The zero-order chi connectivity index (χ0) is 35.3. The maximum atomic E-state index is 4.16. The van der Waals surface area contributed by atoms with E-state index in [2.05, 4.69) is 199 Å². The summed E-state index contributed by atoms with van der Waals surface area (Å²) in [6.45, 7) is 29.0. The first-order valence-corrected chi connectivity index (χ1v) is 24.1. The summed E-state index contributed by atoms with van der Waals surface area (Å²) >= 11 is 7.59. The van der Waals surface area contributed by atoms with Crippen molar-refractivity contribution in [3.05, 3.63) is 91.9 Å². The van der Waals surface area contributed by atoms with Gasteiger partial charge < -0.3 is 0 Å². The molecule has 1 aliphatic carbocycles. The Morgan fingerprint density at radius 1 is 0.438 bits per heavy atom. The summed E-state index contributed by atoms with van der Waals surface area (Å²) < 4.78 is 2.15. The van der Waals surface area contributed by atoms with Crippen molar-refractivity contribution >= 4 is 69.6 Å². The second-order valence-corrected chi connectivity index (χ2v) is 29.0. The van der Waals surface area contributed by atoms with Crippen LogP contribution in [0.25, 0.3) is 21.5 Å². The first-order chi connectivity index (χ1) is 22.6. The van der Waals surface area contributed by atoms with E-state index in [9.17, 15) is 0 Å². The van der Waals surface area contributed by atoms with E-state index >= 15 is 0 Å². The molecule has 4 heteroatoms. The SMILES string of the molecule is CC(C)[Si](C#CC1c2cc3ccccc3cc2C(C#C[Si](C(C)C)(C(C)C)C(C)C)c2cc3cc(Br)c(Br)cc3cc21)(C(C)C)C(C)C. The highest BCUT2D eigenvalue weighted by Crippen LogP contribution is 2.48. The lowest BCUT2D eigenvalue weighted by atomic mass is 9.71. The van der Waals surface area contributed by atoms with Crippen LogP contribution in [0, 0.1) is 22.9 Å². The van der Waals surface area contributed by atoms with Gasteiger partial charge in [-0.2, -0.15) is 0 Å². The Bertz CT molecular complexity index is 1770. The second-order valence-electron chi connectivity index (χ2n) is 16.1. The van der Waals surface area contributed by atoms with Gasteiger partial charge in [-0.15, -0.1) is 11.1 Å². The number of hydrogen-bond donors (Lipinski definition) is 0. The monoisotopic (exact) mass is 796 g/mol. The molecular formula is C44H54Br2Si2. The molecule has 0 saturated carbocycles. The van der Waals surface area contributed by atoms with Crippen LogP contribution in [0.3, 0.4) is 0 Å². The van der Waals surface area contributed by atoms with Crippen LogP contribution in [0.4, 0.5) is 0 Å². The van der Waals surface area contributed by atoms with Gasteiger partial charge in [0.15, 0.2) is 0 Å². The summed E-state index contributed by atoms with van der Waals surface area (Å²) in [6.07, 6.45) is 0. The molecule has 0 amide bonds. The van der Waals surface area contributed by atoms with Crippen LogP contribution in [0.15, 0.2) is 69.6 Å². The van der Waals surface area contributed by atoms with Gasteiger partial charge in [0.05, 0.1) is 11.8 Å². The normalized spacial score (nSPS) is 16.5. The minimum atomic E-state index is -1.97. The zero-order valence-electron chi connectivity index (χ0n) is 31.1. The van der Waals surface area contributed by atoms with E-state index in [1.54, 1.807) is 0 Å². The third-order valence-corrected chi connectivity index (χ3v) is 26.3. The van der Waals surface area contributed by atoms with Gasteiger partial charge in [0.1, 0.15) is 16.1 Å². The van der Waals surface area contributed by atoms with Crippen LogP contribution < -0.4 is 0 Å². The molecule has 0 spiro atoms. The Hall–Kier alpha value is -2.09. The molecule has 5 rings (SSSR count). The predicted molar refractivity (Wildman–Crippen MR) is 225 cm³/mol. The first-order valence-electron chi connectivity index (χ1n) is 18.1. The summed E-state index contributed by atoms with van der Waals surface area (Å²) in [5.41, 5.74) is 17.1. The molecule has 0 aromatic heterocycles. The molecule has 2 atom stereocenters. The lowest BCUT2D eigenvalue weighted by Gasteiger charge is -2.39. The van der Waals surface area contributed by atoms with Crippen molar-refractivity contribution in [2.75, 3.05) is 0 Å². The standard InChI is InChI=1S/C44H54Br2Si2/c1-27(2)47(28(3)4,29(5)6)19-17-37-39-21-33-15-13-14-16-34(33)22-40(39)38(18-20-48(30(7)8,31(9)10)32(11)12)42-24-36-26-44(46)43(45)25-35(36)23-41(37)42/h13-16,21-32,37-38H,1-12H3. The summed E-state index contributed by atoms with van der Waals surface area (Å²) in [5.74, 6) is 8.14. The molecule has 0 N–H and O–H groups in total. The van der Waals surface area contributed by atoms with Gasteiger partial charge >= 0.3 is 0 Å². The van der Waals surface area contributed by atoms with Crippen molar-refractivity contribution in [3.8, 4) is 22.9 Å². The van der Waals surface area contributed by atoms with Gasteiger partial charge in [-0.05, 0) is 145 Å². The number of rotatable bonds is 6. The Morgan fingerprint density at radius 2 is 0.708 bits per heavy atom. The summed E-state index contributed by atoms with van der Waals surface area (Å²) in [4.78, 5) is 0. The van der Waals surface area contributed by atoms with Gasteiger partial charge in [-0.25, -0.2) is 0 Å². The molecule has 0 heterocycles.